The third kappa shape index (κ3) is 5.01. The monoisotopic (exact) mass is 330 g/mol. The molecule has 0 aliphatic heterocycles. The van der Waals surface area contributed by atoms with Crippen LogP contribution in [0, 0.1) is 18.3 Å². The first-order chi connectivity index (χ1) is 11.5. The minimum absolute atomic E-state index is 0.0966. The van der Waals surface area contributed by atoms with Gasteiger partial charge in [-0.25, -0.2) is 19.9 Å². The molecule has 0 saturated heterocycles. The fourth-order valence-corrected chi connectivity index (χ4v) is 1.99. The maximum absolute atomic E-state index is 12.8. The molecule has 0 bridgehead atoms. The summed E-state index contributed by atoms with van der Waals surface area (Å²) in [6.07, 6.45) is 3.35. The zero-order chi connectivity index (χ0) is 17.5. The largest absolute Gasteiger partial charge is 0.487 e. The maximum atomic E-state index is 12.8. The number of aryl methyl sites for hydroxylation is 1. The van der Waals surface area contributed by atoms with E-state index in [9.17, 15) is 4.39 Å². The van der Waals surface area contributed by atoms with Crippen LogP contribution in [-0.2, 0) is 6.54 Å². The lowest BCUT2D eigenvalue weighted by Crippen LogP contribution is -2.15. The Morgan fingerprint density at radius 3 is 2.75 bits per heavy atom. The predicted molar refractivity (Wildman–Crippen MR) is 87.8 cm³/mol. The molecule has 0 saturated carbocycles. The number of anilines is 1. The topological polar surface area (TPSA) is 100 Å². The maximum Gasteiger partial charge on any atom is 0.134 e. The van der Waals surface area contributed by atoms with E-state index in [0.717, 1.165) is 5.56 Å². The van der Waals surface area contributed by atoms with Crippen molar-refractivity contribution in [3.8, 4) is 5.75 Å². The van der Waals surface area contributed by atoms with E-state index >= 15 is 0 Å². The zero-order valence-corrected chi connectivity index (χ0v) is 13.5. The Balaban J connectivity index is 1.97. The standard InChI is InChI=1S/C16H19FN6O/c1-11-20-7-12(16(18)21-11)8-23(2)9-14(22-19)10-24-15-5-3-13(17)4-6-15/h3-7,9,19H,8,10H2,1-2H3,(H2,18,20,21). The van der Waals surface area contributed by atoms with Crippen molar-refractivity contribution in [1.29, 1.82) is 5.53 Å². The molecule has 0 aliphatic rings. The van der Waals surface area contributed by atoms with Gasteiger partial charge in [0.05, 0.1) is 0 Å². The Bertz CT molecular complexity index is 732. The van der Waals surface area contributed by atoms with E-state index in [-0.39, 0.29) is 12.4 Å². The molecular weight excluding hydrogens is 311 g/mol. The van der Waals surface area contributed by atoms with E-state index in [0.29, 0.717) is 29.6 Å². The van der Waals surface area contributed by atoms with Gasteiger partial charge in [0, 0.05) is 31.6 Å². The summed E-state index contributed by atoms with van der Waals surface area (Å²) in [6.45, 7) is 2.34. The van der Waals surface area contributed by atoms with E-state index in [4.69, 9.17) is 16.0 Å². The van der Waals surface area contributed by atoms with Gasteiger partial charge in [-0.05, 0) is 31.2 Å². The molecule has 0 amide bonds. The summed E-state index contributed by atoms with van der Waals surface area (Å²) in [5.74, 6) is 1.21. The van der Waals surface area contributed by atoms with Gasteiger partial charge in [-0.3, -0.25) is 0 Å². The number of hydrogen-bond donors (Lipinski definition) is 2. The highest BCUT2D eigenvalue weighted by Crippen LogP contribution is 2.14. The number of ether oxygens (including phenoxy) is 1. The Labute approximate surface area is 139 Å². The number of halogens is 1. The molecule has 0 unspecified atom stereocenters. The Hall–Kier alpha value is -3.03. The summed E-state index contributed by atoms with van der Waals surface area (Å²) in [5.41, 5.74) is 14.3. The third-order valence-electron chi connectivity index (χ3n) is 3.15. The summed E-state index contributed by atoms with van der Waals surface area (Å²) in [7, 11) is 1.82. The highest BCUT2D eigenvalue weighted by atomic mass is 19.1. The van der Waals surface area contributed by atoms with Gasteiger partial charge in [0.25, 0.3) is 0 Å². The minimum atomic E-state index is -0.332. The summed E-state index contributed by atoms with van der Waals surface area (Å²) in [6, 6.07) is 5.65. The van der Waals surface area contributed by atoms with Gasteiger partial charge in [-0.2, -0.15) is 5.11 Å². The van der Waals surface area contributed by atoms with Crippen LogP contribution in [0.2, 0.25) is 0 Å². The Kier molecular flexibility index (Phi) is 5.78. The van der Waals surface area contributed by atoms with Crippen molar-refractivity contribution < 1.29 is 9.13 Å². The van der Waals surface area contributed by atoms with Gasteiger partial charge in [-0.15, -0.1) is 0 Å². The molecule has 7 nitrogen and oxygen atoms in total. The molecule has 8 heteroatoms. The lowest BCUT2D eigenvalue weighted by Gasteiger charge is -2.16. The molecular formula is C16H19FN6O. The van der Waals surface area contributed by atoms with Crippen LogP contribution in [0.3, 0.4) is 0 Å². The first-order valence-corrected chi connectivity index (χ1v) is 7.22. The molecule has 126 valence electrons. The number of rotatable bonds is 7. The van der Waals surface area contributed by atoms with Crippen molar-refractivity contribution in [2.45, 2.75) is 13.5 Å². The van der Waals surface area contributed by atoms with Crippen molar-refractivity contribution >= 4 is 5.82 Å². The highest BCUT2D eigenvalue weighted by Gasteiger charge is 2.06. The fraction of sp³-hybridized carbons (Fsp3) is 0.250. The number of aromatic nitrogens is 2. The van der Waals surface area contributed by atoms with E-state index in [1.54, 1.807) is 19.3 Å². The van der Waals surface area contributed by atoms with Crippen LogP contribution in [0.5, 0.6) is 5.75 Å². The van der Waals surface area contributed by atoms with Crippen LogP contribution in [0.25, 0.3) is 0 Å². The Morgan fingerprint density at radius 2 is 2.12 bits per heavy atom. The number of hydrogen-bond acceptors (Lipinski definition) is 7. The summed E-state index contributed by atoms with van der Waals surface area (Å²) in [5, 5.41) is 3.45. The average molecular weight is 330 g/mol. The molecule has 2 aromatic rings. The van der Waals surface area contributed by atoms with Gasteiger partial charge >= 0.3 is 0 Å². The Morgan fingerprint density at radius 1 is 1.42 bits per heavy atom. The van der Waals surface area contributed by atoms with Crippen LogP contribution >= 0.6 is 0 Å². The first kappa shape index (κ1) is 17.3. The second-order valence-electron chi connectivity index (χ2n) is 5.22. The van der Waals surface area contributed by atoms with Crippen LogP contribution in [0.4, 0.5) is 10.2 Å². The van der Waals surface area contributed by atoms with Crippen molar-refractivity contribution in [1.82, 2.24) is 14.9 Å². The SMILES string of the molecule is Cc1ncc(CN(C)C=C(COc2ccc(F)cc2)N=N)c(N)n1. The number of nitrogens with one attached hydrogen (secondary N) is 1. The molecule has 0 aliphatic carbocycles. The molecule has 2 rings (SSSR count). The normalized spacial score (nSPS) is 11.2. The molecule has 0 spiro atoms. The fourth-order valence-electron chi connectivity index (χ4n) is 1.99. The molecule has 1 aromatic carbocycles. The lowest BCUT2D eigenvalue weighted by molar-refractivity contribution is 0.341. The van der Waals surface area contributed by atoms with Crippen LogP contribution < -0.4 is 10.5 Å². The number of nitrogen functional groups attached to an aromatic ring is 1. The third-order valence-corrected chi connectivity index (χ3v) is 3.15. The molecule has 1 aromatic heterocycles. The number of nitrogens with two attached hydrogens (primary N) is 1. The molecule has 1 heterocycles. The van der Waals surface area contributed by atoms with E-state index in [1.807, 2.05) is 11.9 Å². The second kappa shape index (κ2) is 8.00. The van der Waals surface area contributed by atoms with Crippen molar-refractivity contribution in [2.24, 2.45) is 5.11 Å². The first-order valence-electron chi connectivity index (χ1n) is 7.22. The molecule has 24 heavy (non-hydrogen) atoms. The van der Waals surface area contributed by atoms with Crippen molar-refractivity contribution in [3.63, 3.8) is 0 Å². The van der Waals surface area contributed by atoms with Crippen molar-refractivity contribution in [3.05, 3.63) is 59.6 Å². The summed E-state index contributed by atoms with van der Waals surface area (Å²) < 4.78 is 18.3. The lowest BCUT2D eigenvalue weighted by atomic mass is 10.3. The van der Waals surface area contributed by atoms with Crippen LogP contribution in [0.15, 0.2) is 47.5 Å². The predicted octanol–water partition coefficient (Wildman–Crippen LogP) is 2.89. The zero-order valence-electron chi connectivity index (χ0n) is 13.5. The highest BCUT2D eigenvalue weighted by molar-refractivity contribution is 5.37. The van der Waals surface area contributed by atoms with Gasteiger partial charge < -0.3 is 15.4 Å². The number of nitrogens with zero attached hydrogens (tertiary/aromatic N) is 4. The van der Waals surface area contributed by atoms with Crippen molar-refractivity contribution in [2.75, 3.05) is 19.4 Å². The molecule has 0 atom stereocenters. The summed E-state index contributed by atoms with van der Waals surface area (Å²) >= 11 is 0. The number of benzene rings is 1. The molecule has 3 N–H and O–H groups in total. The molecule has 0 fully saturated rings. The van der Waals surface area contributed by atoms with Gasteiger partial charge in [0.15, 0.2) is 0 Å². The van der Waals surface area contributed by atoms with Gasteiger partial charge in [0.2, 0.25) is 0 Å². The van der Waals surface area contributed by atoms with Gasteiger partial charge in [-0.1, -0.05) is 0 Å². The smallest absolute Gasteiger partial charge is 0.134 e. The second-order valence-corrected chi connectivity index (χ2v) is 5.22. The quantitative estimate of drug-likeness (QED) is 0.760. The van der Waals surface area contributed by atoms with E-state index in [2.05, 4.69) is 15.1 Å². The minimum Gasteiger partial charge on any atom is -0.487 e. The van der Waals surface area contributed by atoms with Crippen LogP contribution in [0.1, 0.15) is 11.4 Å². The van der Waals surface area contributed by atoms with Crippen LogP contribution in [-0.4, -0.2) is 28.5 Å². The summed E-state index contributed by atoms with van der Waals surface area (Å²) in [4.78, 5) is 10.0. The van der Waals surface area contributed by atoms with Gasteiger partial charge in [0.1, 0.15) is 35.5 Å². The average Bonchev–Trinajstić information content (AvgIpc) is 2.55. The molecule has 0 radical (unpaired) electrons. The van der Waals surface area contributed by atoms with E-state index < -0.39 is 0 Å². The van der Waals surface area contributed by atoms with E-state index in [1.165, 1.54) is 24.3 Å².